The summed E-state index contributed by atoms with van der Waals surface area (Å²) in [6.07, 6.45) is 1.46. The number of nitrogens with one attached hydrogen (secondary N) is 1. The van der Waals surface area contributed by atoms with Gasteiger partial charge in [-0.15, -0.1) is 0 Å². The SMILES string of the molecule is CC(C)C1=NCC2=C1NC=NC2N. The lowest BCUT2D eigenvalue weighted by Gasteiger charge is -2.18. The Kier molecular flexibility index (Phi) is 1.92. The van der Waals surface area contributed by atoms with Crippen LogP contribution in [0.4, 0.5) is 0 Å². The van der Waals surface area contributed by atoms with Crippen LogP contribution in [0, 0.1) is 5.92 Å². The molecule has 0 amide bonds. The minimum absolute atomic E-state index is 0.198. The molecule has 0 aromatic rings. The standard InChI is InChI=1S/C9H14N4/c1-5(2)7-8-6(3-11-7)9(10)13-4-12-8/h4-5,9H,3,10H2,1-2H3,(H,12,13). The Morgan fingerprint density at radius 3 is 3.08 bits per heavy atom. The first kappa shape index (κ1) is 8.44. The largest absolute Gasteiger partial charge is 0.345 e. The molecule has 0 saturated heterocycles. The maximum Gasteiger partial charge on any atom is 0.124 e. The van der Waals surface area contributed by atoms with Crippen LogP contribution in [0.2, 0.25) is 0 Å². The zero-order valence-corrected chi connectivity index (χ0v) is 7.91. The van der Waals surface area contributed by atoms with Crippen molar-refractivity contribution in [2.24, 2.45) is 21.6 Å². The summed E-state index contributed by atoms with van der Waals surface area (Å²) in [4.78, 5) is 8.53. The molecule has 0 radical (unpaired) electrons. The summed E-state index contributed by atoms with van der Waals surface area (Å²) in [6, 6.07) is 0. The van der Waals surface area contributed by atoms with Crippen molar-refractivity contribution in [1.29, 1.82) is 0 Å². The molecular formula is C9H14N4. The second-order valence-corrected chi connectivity index (χ2v) is 3.62. The third kappa shape index (κ3) is 1.27. The zero-order valence-electron chi connectivity index (χ0n) is 7.91. The number of hydrogen-bond acceptors (Lipinski definition) is 4. The second kappa shape index (κ2) is 2.96. The molecule has 13 heavy (non-hydrogen) atoms. The van der Waals surface area contributed by atoms with Gasteiger partial charge in [0, 0.05) is 5.57 Å². The normalized spacial score (nSPS) is 26.2. The maximum atomic E-state index is 5.81. The number of nitrogens with zero attached hydrogens (tertiary/aromatic N) is 2. The molecule has 4 nitrogen and oxygen atoms in total. The highest BCUT2D eigenvalue weighted by atomic mass is 15.1. The Hall–Kier alpha value is -1.16. The van der Waals surface area contributed by atoms with Crippen LogP contribution in [-0.2, 0) is 0 Å². The molecule has 2 heterocycles. The highest BCUT2D eigenvalue weighted by molar-refractivity contribution is 6.05. The summed E-state index contributed by atoms with van der Waals surface area (Å²) < 4.78 is 0. The van der Waals surface area contributed by atoms with E-state index in [0.29, 0.717) is 12.5 Å². The molecule has 1 unspecified atom stereocenters. The van der Waals surface area contributed by atoms with E-state index < -0.39 is 0 Å². The molecule has 0 fully saturated rings. The quantitative estimate of drug-likeness (QED) is 0.605. The molecule has 3 N–H and O–H groups in total. The van der Waals surface area contributed by atoms with E-state index in [1.54, 1.807) is 6.34 Å². The predicted octanol–water partition coefficient (Wildman–Crippen LogP) is 0.267. The highest BCUT2D eigenvalue weighted by Gasteiger charge is 2.26. The molecule has 0 saturated carbocycles. The smallest absolute Gasteiger partial charge is 0.124 e. The molecule has 4 heteroatoms. The molecule has 1 atom stereocenters. The van der Waals surface area contributed by atoms with Crippen molar-refractivity contribution in [1.82, 2.24) is 5.32 Å². The number of aliphatic imine (C=N–C) groups is 2. The Labute approximate surface area is 77.6 Å². The molecular weight excluding hydrogens is 164 g/mol. The molecule has 0 aromatic carbocycles. The van der Waals surface area contributed by atoms with Crippen molar-refractivity contribution in [2.75, 3.05) is 6.54 Å². The predicted molar refractivity (Wildman–Crippen MR) is 53.8 cm³/mol. The molecule has 0 bridgehead atoms. The Balaban J connectivity index is 2.29. The summed E-state index contributed by atoms with van der Waals surface area (Å²) in [5.41, 5.74) is 9.15. The minimum atomic E-state index is -0.198. The van der Waals surface area contributed by atoms with E-state index >= 15 is 0 Å². The average molecular weight is 178 g/mol. The van der Waals surface area contributed by atoms with Crippen molar-refractivity contribution < 1.29 is 0 Å². The minimum Gasteiger partial charge on any atom is -0.345 e. The van der Waals surface area contributed by atoms with Crippen LogP contribution in [0.3, 0.4) is 0 Å². The molecule has 0 spiro atoms. The molecule has 2 aliphatic rings. The molecule has 2 aliphatic heterocycles. The van der Waals surface area contributed by atoms with Crippen molar-refractivity contribution in [3.8, 4) is 0 Å². The van der Waals surface area contributed by atoms with Crippen LogP contribution in [0.1, 0.15) is 13.8 Å². The van der Waals surface area contributed by atoms with E-state index in [1.807, 2.05) is 0 Å². The number of hydrogen-bond donors (Lipinski definition) is 2. The van der Waals surface area contributed by atoms with Gasteiger partial charge in [-0.2, -0.15) is 0 Å². The van der Waals surface area contributed by atoms with Gasteiger partial charge in [-0.05, 0) is 5.92 Å². The fourth-order valence-corrected chi connectivity index (χ4v) is 1.64. The lowest BCUT2D eigenvalue weighted by atomic mass is 10.0. The van der Waals surface area contributed by atoms with Gasteiger partial charge in [0.1, 0.15) is 6.17 Å². The van der Waals surface area contributed by atoms with Gasteiger partial charge in [-0.1, -0.05) is 13.8 Å². The van der Waals surface area contributed by atoms with Gasteiger partial charge in [0.15, 0.2) is 0 Å². The van der Waals surface area contributed by atoms with E-state index in [1.165, 1.54) is 0 Å². The average Bonchev–Trinajstić information content (AvgIpc) is 2.48. The summed E-state index contributed by atoms with van der Waals surface area (Å²) in [5.74, 6) is 0.443. The number of allylic oxidation sites excluding steroid dienone is 1. The summed E-state index contributed by atoms with van der Waals surface area (Å²) in [6.45, 7) is 4.97. The first-order chi connectivity index (χ1) is 6.20. The van der Waals surface area contributed by atoms with Crippen LogP contribution in [-0.4, -0.2) is 24.8 Å². The van der Waals surface area contributed by atoms with Gasteiger partial charge in [-0.3, -0.25) is 9.98 Å². The molecule has 2 rings (SSSR count). The fraction of sp³-hybridized carbons (Fsp3) is 0.556. The summed E-state index contributed by atoms with van der Waals surface area (Å²) in [5, 5.41) is 3.12. The van der Waals surface area contributed by atoms with Gasteiger partial charge in [0.05, 0.1) is 24.3 Å². The molecule has 70 valence electrons. The van der Waals surface area contributed by atoms with E-state index in [0.717, 1.165) is 17.0 Å². The molecule has 0 aromatic heterocycles. The monoisotopic (exact) mass is 178 g/mol. The van der Waals surface area contributed by atoms with Crippen molar-refractivity contribution >= 4 is 12.1 Å². The van der Waals surface area contributed by atoms with Crippen LogP contribution >= 0.6 is 0 Å². The van der Waals surface area contributed by atoms with E-state index in [-0.39, 0.29) is 6.17 Å². The molecule has 0 aliphatic carbocycles. The maximum absolute atomic E-state index is 5.81. The Morgan fingerprint density at radius 2 is 2.38 bits per heavy atom. The van der Waals surface area contributed by atoms with Crippen LogP contribution in [0.25, 0.3) is 0 Å². The van der Waals surface area contributed by atoms with Crippen molar-refractivity contribution in [3.63, 3.8) is 0 Å². The van der Waals surface area contributed by atoms with Crippen LogP contribution in [0.5, 0.6) is 0 Å². The van der Waals surface area contributed by atoms with E-state index in [9.17, 15) is 0 Å². The van der Waals surface area contributed by atoms with Gasteiger partial charge < -0.3 is 11.1 Å². The van der Waals surface area contributed by atoms with E-state index in [2.05, 4.69) is 29.1 Å². The first-order valence-electron chi connectivity index (χ1n) is 4.51. The van der Waals surface area contributed by atoms with Crippen LogP contribution < -0.4 is 11.1 Å². The van der Waals surface area contributed by atoms with Gasteiger partial charge in [0.25, 0.3) is 0 Å². The van der Waals surface area contributed by atoms with E-state index in [4.69, 9.17) is 5.73 Å². The topological polar surface area (TPSA) is 62.8 Å². The lowest BCUT2D eigenvalue weighted by Crippen LogP contribution is -2.33. The van der Waals surface area contributed by atoms with Crippen molar-refractivity contribution in [3.05, 3.63) is 11.3 Å². The van der Waals surface area contributed by atoms with Gasteiger partial charge >= 0.3 is 0 Å². The Bertz CT molecular complexity index is 312. The summed E-state index contributed by atoms with van der Waals surface area (Å²) >= 11 is 0. The second-order valence-electron chi connectivity index (χ2n) is 3.62. The zero-order chi connectivity index (χ0) is 9.42. The van der Waals surface area contributed by atoms with Gasteiger partial charge in [0.2, 0.25) is 0 Å². The van der Waals surface area contributed by atoms with Crippen molar-refractivity contribution in [2.45, 2.75) is 20.0 Å². The van der Waals surface area contributed by atoms with Crippen LogP contribution in [0.15, 0.2) is 21.3 Å². The Morgan fingerprint density at radius 1 is 1.62 bits per heavy atom. The third-order valence-corrected chi connectivity index (χ3v) is 2.34. The summed E-state index contributed by atoms with van der Waals surface area (Å²) in [7, 11) is 0. The fourth-order valence-electron chi connectivity index (χ4n) is 1.64. The third-order valence-electron chi connectivity index (χ3n) is 2.34. The lowest BCUT2D eigenvalue weighted by molar-refractivity contribution is 0.774. The highest BCUT2D eigenvalue weighted by Crippen LogP contribution is 2.21. The number of rotatable bonds is 1. The van der Waals surface area contributed by atoms with Gasteiger partial charge in [-0.25, -0.2) is 0 Å². The first-order valence-corrected chi connectivity index (χ1v) is 4.51. The number of nitrogens with two attached hydrogens (primary N) is 1.